The summed E-state index contributed by atoms with van der Waals surface area (Å²) in [5.41, 5.74) is 2.68. The number of thioether (sulfide) groups is 1. The lowest BCUT2D eigenvalue weighted by atomic mass is 10.1. The van der Waals surface area contributed by atoms with Crippen LogP contribution in [0, 0.1) is 0 Å². The van der Waals surface area contributed by atoms with Crippen molar-refractivity contribution < 1.29 is 14.4 Å². The summed E-state index contributed by atoms with van der Waals surface area (Å²) in [5, 5.41) is 9.00. The minimum atomic E-state index is -0.468. The Bertz CT molecular complexity index is 1700. The highest BCUT2D eigenvalue weighted by molar-refractivity contribution is 9.10. The number of para-hydroxylation sites is 1. The largest absolute Gasteiger partial charge is 0.321 e. The molecule has 0 atom stereocenters. The zero-order valence-corrected chi connectivity index (χ0v) is 24.7. The van der Waals surface area contributed by atoms with Crippen LogP contribution in [0.4, 0.5) is 10.8 Å². The van der Waals surface area contributed by atoms with Crippen LogP contribution in [-0.2, 0) is 9.59 Å². The smallest absolute Gasteiger partial charge is 0.272 e. The Labute approximate surface area is 253 Å². The molecule has 0 aliphatic rings. The number of anilines is 2. The van der Waals surface area contributed by atoms with Gasteiger partial charge in [0.15, 0.2) is 5.13 Å². The average molecular weight is 644 g/mol. The molecule has 5 aromatic rings. The molecule has 0 saturated heterocycles. The number of halogens is 1. The quantitative estimate of drug-likeness (QED) is 0.117. The Balaban J connectivity index is 1.21. The van der Waals surface area contributed by atoms with E-state index in [4.69, 9.17) is 0 Å². The van der Waals surface area contributed by atoms with Gasteiger partial charge in [-0.2, -0.15) is 0 Å². The first kappa shape index (κ1) is 28.3. The number of rotatable bonds is 9. The molecule has 1 aromatic heterocycles. The van der Waals surface area contributed by atoms with Crippen molar-refractivity contribution in [1.82, 2.24) is 10.3 Å². The van der Waals surface area contributed by atoms with Gasteiger partial charge in [-0.05, 0) is 72.3 Å². The van der Waals surface area contributed by atoms with Gasteiger partial charge in [-0.3, -0.25) is 14.4 Å². The van der Waals surface area contributed by atoms with E-state index in [1.807, 2.05) is 66.7 Å². The van der Waals surface area contributed by atoms with Crippen LogP contribution in [0.25, 0.3) is 16.3 Å². The zero-order valence-electron chi connectivity index (χ0n) is 21.5. The van der Waals surface area contributed by atoms with Crippen molar-refractivity contribution in [1.29, 1.82) is 0 Å². The maximum absolute atomic E-state index is 13.2. The maximum Gasteiger partial charge on any atom is 0.272 e. The fourth-order valence-electron chi connectivity index (χ4n) is 3.77. The Hall–Kier alpha value is -4.25. The van der Waals surface area contributed by atoms with Crippen LogP contribution in [0.3, 0.4) is 0 Å². The lowest BCUT2D eigenvalue weighted by Crippen LogP contribution is -2.30. The number of aromatic nitrogens is 1. The van der Waals surface area contributed by atoms with Crippen LogP contribution in [0.1, 0.15) is 15.9 Å². The number of carbonyl (C=O) groups excluding carboxylic acids is 3. The van der Waals surface area contributed by atoms with E-state index < -0.39 is 11.8 Å². The molecule has 5 rings (SSSR count). The van der Waals surface area contributed by atoms with Crippen molar-refractivity contribution in [2.75, 3.05) is 16.4 Å². The number of amides is 3. The fourth-order valence-corrected chi connectivity index (χ4v) is 5.77. The number of nitrogens with zero attached hydrogens (tertiary/aromatic N) is 1. The molecule has 1 heterocycles. The van der Waals surface area contributed by atoms with Crippen LogP contribution in [0.5, 0.6) is 0 Å². The molecule has 41 heavy (non-hydrogen) atoms. The third-order valence-corrected chi connectivity index (χ3v) is 8.17. The lowest BCUT2D eigenvalue weighted by molar-refractivity contribution is -0.114. The van der Waals surface area contributed by atoms with Crippen molar-refractivity contribution in [3.63, 3.8) is 0 Å². The van der Waals surface area contributed by atoms with Crippen LogP contribution in [0.15, 0.2) is 118 Å². The van der Waals surface area contributed by atoms with Gasteiger partial charge in [0, 0.05) is 20.6 Å². The van der Waals surface area contributed by atoms with E-state index in [1.54, 1.807) is 42.5 Å². The van der Waals surface area contributed by atoms with Gasteiger partial charge in [-0.15, -0.1) is 11.8 Å². The van der Waals surface area contributed by atoms with Crippen LogP contribution in [0.2, 0.25) is 0 Å². The van der Waals surface area contributed by atoms with Gasteiger partial charge in [-0.1, -0.05) is 69.7 Å². The Kier molecular flexibility index (Phi) is 9.25. The van der Waals surface area contributed by atoms with E-state index in [-0.39, 0.29) is 17.4 Å². The Morgan fingerprint density at radius 1 is 0.854 bits per heavy atom. The van der Waals surface area contributed by atoms with E-state index in [1.165, 1.54) is 23.1 Å². The third-order valence-electron chi connectivity index (χ3n) is 5.71. The average Bonchev–Trinajstić information content (AvgIpc) is 3.39. The molecule has 3 N–H and O–H groups in total. The second-order valence-corrected chi connectivity index (χ2v) is 11.7. The molecule has 0 fully saturated rings. The molecule has 0 saturated carbocycles. The number of thiazole rings is 1. The van der Waals surface area contributed by atoms with Gasteiger partial charge in [-0.25, -0.2) is 4.98 Å². The monoisotopic (exact) mass is 642 g/mol. The molecule has 0 spiro atoms. The second-order valence-electron chi connectivity index (χ2n) is 8.74. The molecule has 3 amide bonds. The molecular formula is C31H23BrN4O3S2. The predicted molar refractivity (Wildman–Crippen MR) is 170 cm³/mol. The van der Waals surface area contributed by atoms with E-state index in [0.717, 1.165) is 25.1 Å². The van der Waals surface area contributed by atoms with Gasteiger partial charge >= 0.3 is 0 Å². The van der Waals surface area contributed by atoms with Crippen LogP contribution in [-0.4, -0.2) is 28.5 Å². The minimum Gasteiger partial charge on any atom is -0.321 e. The van der Waals surface area contributed by atoms with Gasteiger partial charge in [0.2, 0.25) is 5.91 Å². The highest BCUT2D eigenvalue weighted by Crippen LogP contribution is 2.26. The second kappa shape index (κ2) is 13.4. The normalized spacial score (nSPS) is 11.2. The number of nitrogens with one attached hydrogen (secondary N) is 3. The van der Waals surface area contributed by atoms with Gasteiger partial charge < -0.3 is 16.0 Å². The first-order valence-corrected chi connectivity index (χ1v) is 15.1. The summed E-state index contributed by atoms with van der Waals surface area (Å²) in [6.45, 7) is 0. The summed E-state index contributed by atoms with van der Waals surface area (Å²) < 4.78 is 1.87. The zero-order chi connectivity index (χ0) is 28.6. The fraction of sp³-hybridized carbons (Fsp3) is 0.0323. The van der Waals surface area contributed by atoms with Crippen molar-refractivity contribution in [3.8, 4) is 0 Å². The SMILES string of the molecule is O=C(CSc1ccc(NC(=O)/C(=C/c2cccc(Br)c2)NC(=O)c2ccccc2)cc1)Nc1nc2ccccc2s1. The molecule has 204 valence electrons. The minimum absolute atomic E-state index is 0.0990. The van der Waals surface area contributed by atoms with E-state index in [9.17, 15) is 14.4 Å². The van der Waals surface area contributed by atoms with Crippen molar-refractivity contribution >= 4 is 83.9 Å². The van der Waals surface area contributed by atoms with Gasteiger partial charge in [0.05, 0.1) is 16.0 Å². The van der Waals surface area contributed by atoms with Gasteiger partial charge in [0.1, 0.15) is 5.70 Å². The van der Waals surface area contributed by atoms with Crippen molar-refractivity contribution in [2.45, 2.75) is 4.90 Å². The number of hydrogen-bond donors (Lipinski definition) is 3. The Morgan fingerprint density at radius 2 is 1.61 bits per heavy atom. The molecule has 0 unspecified atom stereocenters. The maximum atomic E-state index is 13.2. The standard InChI is InChI=1S/C31H23BrN4O3S2/c32-22-10-6-7-20(17-22)18-26(34-29(38)21-8-2-1-3-9-21)30(39)33-23-13-15-24(16-14-23)40-19-28(37)36-31-35-25-11-4-5-12-27(25)41-31/h1-18H,19H2,(H,33,39)(H,34,38)(H,35,36,37)/b26-18-. The van der Waals surface area contributed by atoms with E-state index in [0.29, 0.717) is 16.4 Å². The first-order valence-electron chi connectivity index (χ1n) is 12.5. The van der Waals surface area contributed by atoms with E-state index in [2.05, 4.69) is 36.9 Å². The number of hydrogen-bond acceptors (Lipinski definition) is 6. The van der Waals surface area contributed by atoms with E-state index >= 15 is 0 Å². The third kappa shape index (κ3) is 7.91. The van der Waals surface area contributed by atoms with Crippen LogP contribution >= 0.6 is 39.0 Å². The summed E-state index contributed by atoms with van der Waals surface area (Å²) in [6, 6.07) is 31.0. The molecule has 4 aromatic carbocycles. The predicted octanol–water partition coefficient (Wildman–Crippen LogP) is 7.20. The molecule has 0 aliphatic carbocycles. The van der Waals surface area contributed by atoms with Gasteiger partial charge in [0.25, 0.3) is 11.8 Å². The topological polar surface area (TPSA) is 100 Å². The number of benzene rings is 4. The molecule has 0 radical (unpaired) electrons. The molecule has 10 heteroatoms. The van der Waals surface area contributed by atoms with Crippen molar-refractivity contribution in [2.24, 2.45) is 0 Å². The molecule has 7 nitrogen and oxygen atoms in total. The summed E-state index contributed by atoms with van der Waals surface area (Å²) in [5.74, 6) is -0.794. The molecular weight excluding hydrogens is 620 g/mol. The van der Waals surface area contributed by atoms with Crippen molar-refractivity contribution in [3.05, 3.63) is 124 Å². The number of fused-ring (bicyclic) bond motifs is 1. The van der Waals surface area contributed by atoms with Crippen LogP contribution < -0.4 is 16.0 Å². The Morgan fingerprint density at radius 3 is 2.37 bits per heavy atom. The summed E-state index contributed by atoms with van der Waals surface area (Å²) in [7, 11) is 0. The first-order chi connectivity index (χ1) is 19.9. The molecule has 0 aliphatic heterocycles. The highest BCUT2D eigenvalue weighted by atomic mass is 79.9. The highest BCUT2D eigenvalue weighted by Gasteiger charge is 2.15. The summed E-state index contributed by atoms with van der Waals surface area (Å²) in [4.78, 5) is 43.8. The molecule has 0 bridgehead atoms. The number of carbonyl (C=O) groups is 3. The summed E-state index contributed by atoms with van der Waals surface area (Å²) in [6.07, 6.45) is 1.62. The lowest BCUT2D eigenvalue weighted by Gasteiger charge is -2.12. The summed E-state index contributed by atoms with van der Waals surface area (Å²) >= 11 is 6.25.